The molecule has 2 aliphatic rings. The van der Waals surface area contributed by atoms with Crippen LogP contribution in [0.4, 0.5) is 14.9 Å². The maximum atomic E-state index is 14.1. The van der Waals surface area contributed by atoms with Gasteiger partial charge < -0.3 is 19.5 Å². The first-order chi connectivity index (χ1) is 17.1. The average molecular weight is 478 g/mol. The zero-order valence-electron chi connectivity index (χ0n) is 19.6. The molecule has 1 N–H and O–H groups in total. The summed E-state index contributed by atoms with van der Waals surface area (Å²) in [5.74, 6) is 1.15. The molecule has 10 heteroatoms. The molecule has 0 bridgehead atoms. The van der Waals surface area contributed by atoms with E-state index in [4.69, 9.17) is 4.74 Å². The lowest BCUT2D eigenvalue weighted by Crippen LogP contribution is -2.49. The van der Waals surface area contributed by atoms with Crippen molar-refractivity contribution in [2.45, 2.75) is 38.2 Å². The number of ether oxygens (including phenoxy) is 1. The number of hydrogen-bond donors (Lipinski definition) is 1. The van der Waals surface area contributed by atoms with Crippen molar-refractivity contribution < 1.29 is 13.9 Å². The molecule has 0 spiro atoms. The Kier molecular flexibility index (Phi) is 5.50. The number of nitrogens with one attached hydrogen (secondary N) is 1. The van der Waals surface area contributed by atoms with Gasteiger partial charge in [-0.3, -0.25) is 4.40 Å². The maximum Gasteiger partial charge on any atom is 0.410 e. The van der Waals surface area contributed by atoms with Gasteiger partial charge in [-0.15, -0.1) is 10.2 Å². The zero-order valence-corrected chi connectivity index (χ0v) is 19.6. The number of H-pyrrole nitrogens is 1. The number of halogens is 1. The van der Waals surface area contributed by atoms with Gasteiger partial charge in [0.1, 0.15) is 17.7 Å². The third-order valence-electron chi connectivity index (χ3n) is 7.47. The monoisotopic (exact) mass is 477 g/mol. The highest BCUT2D eigenvalue weighted by atomic mass is 19.1. The normalized spacial score (nSPS) is 22.9. The summed E-state index contributed by atoms with van der Waals surface area (Å²) in [7, 11) is 0. The summed E-state index contributed by atoms with van der Waals surface area (Å²) in [5.41, 5.74) is 3.04. The third kappa shape index (κ3) is 3.86. The van der Waals surface area contributed by atoms with Crippen molar-refractivity contribution >= 4 is 28.6 Å². The van der Waals surface area contributed by atoms with E-state index in [1.807, 2.05) is 23.2 Å². The fourth-order valence-electron chi connectivity index (χ4n) is 5.63. The minimum atomic E-state index is -0.290. The number of hydrogen-bond acceptors (Lipinski definition) is 6. The highest BCUT2D eigenvalue weighted by Crippen LogP contribution is 2.42. The number of amides is 1. The van der Waals surface area contributed by atoms with Crippen LogP contribution in [0.2, 0.25) is 0 Å². The number of aromatic nitrogens is 5. The van der Waals surface area contributed by atoms with Gasteiger partial charge in [0.05, 0.1) is 17.4 Å². The van der Waals surface area contributed by atoms with Gasteiger partial charge in [-0.25, -0.2) is 14.2 Å². The van der Waals surface area contributed by atoms with Gasteiger partial charge >= 0.3 is 6.09 Å². The lowest BCUT2D eigenvalue weighted by atomic mass is 9.93. The summed E-state index contributed by atoms with van der Waals surface area (Å²) in [6.07, 6.45) is 5.62. The number of aromatic amines is 1. The molecular weight excluding hydrogens is 449 g/mol. The smallest absolute Gasteiger partial charge is 0.410 e. The Hall–Kier alpha value is -3.69. The molecule has 1 aromatic carbocycles. The molecule has 0 radical (unpaired) electrons. The van der Waals surface area contributed by atoms with Crippen LogP contribution in [0, 0.1) is 11.7 Å². The number of para-hydroxylation sites is 1. The molecule has 182 valence electrons. The number of rotatable bonds is 4. The van der Waals surface area contributed by atoms with E-state index in [1.165, 1.54) is 6.07 Å². The summed E-state index contributed by atoms with van der Waals surface area (Å²) in [4.78, 5) is 24.2. The van der Waals surface area contributed by atoms with Crippen molar-refractivity contribution in [3.63, 3.8) is 0 Å². The molecule has 3 aromatic heterocycles. The molecule has 35 heavy (non-hydrogen) atoms. The number of fused-ring (bicyclic) bond motifs is 3. The van der Waals surface area contributed by atoms with Gasteiger partial charge in [0.15, 0.2) is 11.3 Å². The molecule has 1 unspecified atom stereocenters. The van der Waals surface area contributed by atoms with E-state index >= 15 is 0 Å². The summed E-state index contributed by atoms with van der Waals surface area (Å²) < 4.78 is 22.2. The van der Waals surface area contributed by atoms with E-state index in [2.05, 4.69) is 31.5 Å². The van der Waals surface area contributed by atoms with Crippen LogP contribution in [-0.2, 0) is 4.74 Å². The molecule has 1 amide bonds. The number of nitrogens with zero attached hydrogens (tertiary/aromatic N) is 6. The zero-order chi connectivity index (χ0) is 23.9. The Labute approximate surface area is 201 Å². The topological polar surface area (TPSA) is 91.7 Å². The number of anilines is 1. The molecule has 2 fully saturated rings. The van der Waals surface area contributed by atoms with E-state index in [0.29, 0.717) is 44.2 Å². The Morgan fingerprint density at radius 3 is 2.77 bits per heavy atom. The molecule has 1 saturated heterocycles. The average Bonchev–Trinajstić information content (AvgIpc) is 3.61. The van der Waals surface area contributed by atoms with Crippen LogP contribution in [0.5, 0.6) is 0 Å². The van der Waals surface area contributed by atoms with Gasteiger partial charge in [0.25, 0.3) is 0 Å². The van der Waals surface area contributed by atoms with Gasteiger partial charge in [-0.2, -0.15) is 0 Å². The molecule has 1 aliphatic carbocycles. The van der Waals surface area contributed by atoms with Crippen molar-refractivity contribution in [3.8, 4) is 0 Å². The molecule has 4 heterocycles. The SMILES string of the molecule is CC[C@@H]1C[C@H](OC(=O)N2CCN(c3ccccc3F)CC2)CC1c1nnc2cnc3[nH]ccc3n12. The van der Waals surface area contributed by atoms with Crippen molar-refractivity contribution in [1.29, 1.82) is 0 Å². The van der Waals surface area contributed by atoms with E-state index in [-0.39, 0.29) is 23.9 Å². The predicted octanol–water partition coefficient (Wildman–Crippen LogP) is 3.98. The second-order valence-corrected chi connectivity index (χ2v) is 9.40. The maximum absolute atomic E-state index is 14.1. The van der Waals surface area contributed by atoms with Gasteiger partial charge in [-0.05, 0) is 37.0 Å². The number of carbonyl (C=O) groups excluding carboxylic acids is 1. The molecule has 4 aromatic rings. The lowest BCUT2D eigenvalue weighted by Gasteiger charge is -2.36. The van der Waals surface area contributed by atoms with E-state index < -0.39 is 0 Å². The third-order valence-corrected chi connectivity index (χ3v) is 7.47. The molecular formula is C25H28FN7O2. The van der Waals surface area contributed by atoms with Crippen LogP contribution >= 0.6 is 0 Å². The van der Waals surface area contributed by atoms with Crippen molar-refractivity contribution in [2.75, 3.05) is 31.1 Å². The second-order valence-electron chi connectivity index (χ2n) is 9.40. The van der Waals surface area contributed by atoms with Crippen LogP contribution in [-0.4, -0.2) is 67.8 Å². The van der Waals surface area contributed by atoms with Crippen molar-refractivity contribution in [1.82, 2.24) is 29.5 Å². The Morgan fingerprint density at radius 1 is 1.14 bits per heavy atom. The quantitative estimate of drug-likeness (QED) is 0.478. The first-order valence-electron chi connectivity index (χ1n) is 12.2. The minimum Gasteiger partial charge on any atom is -0.446 e. The summed E-state index contributed by atoms with van der Waals surface area (Å²) >= 11 is 0. The molecule has 1 saturated carbocycles. The Bertz CT molecular complexity index is 1360. The van der Waals surface area contributed by atoms with Crippen LogP contribution in [0.25, 0.3) is 16.8 Å². The molecule has 6 rings (SSSR count). The molecule has 3 atom stereocenters. The van der Waals surface area contributed by atoms with Crippen LogP contribution in [0.3, 0.4) is 0 Å². The fourth-order valence-corrected chi connectivity index (χ4v) is 5.63. The first kappa shape index (κ1) is 21.8. The van der Waals surface area contributed by atoms with Crippen LogP contribution in [0.15, 0.2) is 42.7 Å². The first-order valence-corrected chi connectivity index (χ1v) is 12.2. The number of benzene rings is 1. The second kappa shape index (κ2) is 8.83. The number of piperazine rings is 1. The highest BCUT2D eigenvalue weighted by Gasteiger charge is 2.40. The van der Waals surface area contributed by atoms with Crippen LogP contribution < -0.4 is 4.90 Å². The lowest BCUT2D eigenvalue weighted by molar-refractivity contribution is 0.0617. The van der Waals surface area contributed by atoms with Gasteiger partial charge in [0.2, 0.25) is 0 Å². The molecule has 1 aliphatic heterocycles. The minimum absolute atomic E-state index is 0.145. The van der Waals surface area contributed by atoms with Crippen molar-refractivity contribution in [2.24, 2.45) is 5.92 Å². The standard InChI is InChI=1S/C25H28FN7O2/c1-2-16-13-17(14-18(16)24-30-29-22-15-28-23-21(33(22)24)7-8-27-23)35-25(34)32-11-9-31(10-12-32)20-6-4-3-5-19(20)26/h3-8,15-18,27H,2,9-14H2,1H3/t16-,17+,18?/m1/s1. The largest absolute Gasteiger partial charge is 0.446 e. The summed E-state index contributed by atoms with van der Waals surface area (Å²) in [6, 6.07) is 8.74. The van der Waals surface area contributed by atoms with E-state index in [0.717, 1.165) is 35.5 Å². The highest BCUT2D eigenvalue weighted by molar-refractivity contribution is 5.74. The Morgan fingerprint density at radius 2 is 1.97 bits per heavy atom. The Balaban J connectivity index is 1.13. The van der Waals surface area contributed by atoms with Crippen molar-refractivity contribution in [3.05, 3.63) is 54.4 Å². The van der Waals surface area contributed by atoms with E-state index in [9.17, 15) is 9.18 Å². The van der Waals surface area contributed by atoms with Gasteiger partial charge in [0, 0.05) is 38.3 Å². The van der Waals surface area contributed by atoms with Gasteiger partial charge in [-0.1, -0.05) is 25.5 Å². The number of carbonyl (C=O) groups is 1. The summed E-state index contributed by atoms with van der Waals surface area (Å²) in [5, 5.41) is 8.87. The predicted molar refractivity (Wildman–Crippen MR) is 129 cm³/mol. The van der Waals surface area contributed by atoms with E-state index in [1.54, 1.807) is 23.2 Å². The van der Waals surface area contributed by atoms with Crippen LogP contribution in [0.1, 0.15) is 37.9 Å². The molecule has 9 nitrogen and oxygen atoms in total. The fraction of sp³-hybridized carbons (Fsp3) is 0.440. The summed E-state index contributed by atoms with van der Waals surface area (Å²) in [6.45, 7) is 4.34.